The Hall–Kier alpha value is -4.37. The van der Waals surface area contributed by atoms with E-state index in [2.05, 4.69) is 53.3 Å². The average molecular weight is 598 g/mol. The molecule has 1 aliphatic carbocycles. The average Bonchev–Trinajstić information content (AvgIpc) is 3.51. The third-order valence-corrected chi connectivity index (χ3v) is 8.44. The highest BCUT2D eigenvalue weighted by Gasteiger charge is 2.29. The van der Waals surface area contributed by atoms with Crippen LogP contribution in [-0.4, -0.2) is 46.9 Å². The number of hydrogen-bond donors (Lipinski definition) is 5. The first-order valence-electron chi connectivity index (χ1n) is 15.5. The summed E-state index contributed by atoms with van der Waals surface area (Å²) in [4.78, 5) is 30.3. The third kappa shape index (κ3) is 9.07. The number of aromatic nitrogens is 1. The number of nitrogens with two attached hydrogens (primary N) is 3. The number of carboxylic acids is 1. The van der Waals surface area contributed by atoms with Crippen molar-refractivity contribution in [3.05, 3.63) is 88.4 Å². The molecular weight excluding hydrogens is 552 g/mol. The maximum absolute atomic E-state index is 11.9. The molecule has 0 amide bonds. The molecule has 0 saturated carbocycles. The van der Waals surface area contributed by atoms with Gasteiger partial charge >= 0.3 is 5.97 Å². The zero-order valence-electron chi connectivity index (χ0n) is 25.5. The number of carboxylic acid groups (broad SMARTS) is 1. The van der Waals surface area contributed by atoms with Crippen molar-refractivity contribution in [1.82, 2.24) is 4.98 Å². The van der Waals surface area contributed by atoms with Gasteiger partial charge in [0.25, 0.3) is 0 Å². The van der Waals surface area contributed by atoms with Gasteiger partial charge in [0.15, 0.2) is 5.96 Å². The lowest BCUT2D eigenvalue weighted by Gasteiger charge is -2.36. The smallest absolute Gasteiger partial charge is 0.328 e. The lowest BCUT2D eigenvalue weighted by atomic mass is 9.72. The lowest BCUT2D eigenvalue weighted by molar-refractivity contribution is -0.131. The van der Waals surface area contributed by atoms with Gasteiger partial charge in [0.05, 0.1) is 6.54 Å². The van der Waals surface area contributed by atoms with E-state index in [1.165, 1.54) is 17.2 Å². The Bertz CT molecular complexity index is 1490. The van der Waals surface area contributed by atoms with Gasteiger partial charge in [0.2, 0.25) is 0 Å². The number of benzene rings is 2. The number of hydrogen-bond acceptors (Lipinski definition) is 4. The van der Waals surface area contributed by atoms with Crippen LogP contribution in [0.25, 0.3) is 22.2 Å². The van der Waals surface area contributed by atoms with E-state index < -0.39 is 12.0 Å². The minimum absolute atomic E-state index is 0.0393. The van der Waals surface area contributed by atoms with E-state index in [0.29, 0.717) is 24.2 Å². The Morgan fingerprint density at radius 2 is 1.95 bits per heavy atom. The van der Waals surface area contributed by atoms with E-state index in [-0.39, 0.29) is 30.4 Å². The van der Waals surface area contributed by atoms with Crippen molar-refractivity contribution in [2.75, 3.05) is 6.54 Å². The SMILES string of the molecule is CCCC[C@H](N)CCC[C@@H]1c2cc3cc(CC=O)ccc3cc2C=C[C@H]1C[C@@H]([N-]c1ccc[nH]1)/C(=C/C(=O)O)CN=C(N)N. The van der Waals surface area contributed by atoms with Gasteiger partial charge in [-0.1, -0.05) is 86.8 Å². The summed E-state index contributed by atoms with van der Waals surface area (Å²) in [5.74, 6) is -0.279. The molecule has 44 heavy (non-hydrogen) atoms. The fourth-order valence-corrected chi connectivity index (χ4v) is 6.19. The molecule has 4 atom stereocenters. The van der Waals surface area contributed by atoms with Crippen molar-refractivity contribution in [1.29, 1.82) is 0 Å². The lowest BCUT2D eigenvalue weighted by Crippen LogP contribution is -2.26. The Labute approximate surface area is 259 Å². The molecule has 0 radical (unpaired) electrons. The normalized spacial score (nSPS) is 17.5. The summed E-state index contributed by atoms with van der Waals surface area (Å²) < 4.78 is 0. The summed E-state index contributed by atoms with van der Waals surface area (Å²) >= 11 is 0. The quantitative estimate of drug-likeness (QED) is 0.0546. The van der Waals surface area contributed by atoms with Crippen LogP contribution in [0.2, 0.25) is 0 Å². The number of rotatable bonds is 17. The number of carbonyl (C=O) groups excluding carboxylic acids is 1. The number of aldehydes is 1. The summed E-state index contributed by atoms with van der Waals surface area (Å²) in [6.07, 6.45) is 15.4. The molecule has 0 fully saturated rings. The first-order valence-corrected chi connectivity index (χ1v) is 15.5. The Balaban J connectivity index is 1.70. The molecular formula is C35H45N6O3-. The number of aromatic amines is 1. The van der Waals surface area contributed by atoms with Crippen LogP contribution in [0.3, 0.4) is 0 Å². The van der Waals surface area contributed by atoms with E-state index in [9.17, 15) is 14.7 Å². The van der Waals surface area contributed by atoms with Crippen LogP contribution in [0.15, 0.2) is 71.4 Å². The number of unbranched alkanes of at least 4 members (excludes halogenated alkanes) is 1. The predicted molar refractivity (Wildman–Crippen MR) is 179 cm³/mol. The van der Waals surface area contributed by atoms with Crippen molar-refractivity contribution in [3.63, 3.8) is 0 Å². The molecule has 1 aliphatic rings. The molecule has 1 aromatic heterocycles. The van der Waals surface area contributed by atoms with Crippen LogP contribution in [0.1, 0.15) is 74.5 Å². The predicted octanol–water partition coefficient (Wildman–Crippen LogP) is 6.07. The number of aliphatic carboxylic acids is 1. The topological polar surface area (TPSA) is 175 Å². The number of aliphatic imine (C=N–C) groups is 1. The number of allylic oxidation sites excluding steroid dienone is 1. The van der Waals surface area contributed by atoms with Gasteiger partial charge in [0, 0.05) is 18.5 Å². The van der Waals surface area contributed by atoms with E-state index in [0.717, 1.165) is 61.1 Å². The fourth-order valence-electron chi connectivity index (χ4n) is 6.19. The number of nitrogens with one attached hydrogen (secondary N) is 1. The second-order valence-corrected chi connectivity index (χ2v) is 11.7. The number of nitrogens with zero attached hydrogens (tertiary/aromatic N) is 2. The monoisotopic (exact) mass is 597 g/mol. The molecule has 4 rings (SSSR count). The molecule has 234 valence electrons. The molecule has 9 heteroatoms. The molecule has 1 heterocycles. The fraction of sp³-hybridized carbons (Fsp3) is 0.400. The number of carbonyl (C=O) groups is 2. The highest BCUT2D eigenvalue weighted by Crippen LogP contribution is 2.43. The standard InChI is InChI=1S/C35H45N6O3/c1-2-3-6-29(36)7-4-8-30-26(13-12-25-18-24-11-10-23(14-16-42)17-27(24)19-31(25)30)20-32(41-33-9-5-15-39-33)28(21-34(43)44)22-40-35(37)38/h5,9-13,15-19,21,26,29-30,32,39H,2-4,6-8,14,20,22,36H2,1H3,(H,43,44)(H4,37,38,40)/q-1/b28-21+/t26-,29-,30-,32+/m0/s1. The van der Waals surface area contributed by atoms with Crippen LogP contribution < -0.4 is 17.2 Å². The Morgan fingerprint density at radius 3 is 2.66 bits per heavy atom. The molecule has 0 aliphatic heterocycles. The van der Waals surface area contributed by atoms with Crippen molar-refractivity contribution in [2.45, 2.75) is 76.3 Å². The van der Waals surface area contributed by atoms with Crippen LogP contribution >= 0.6 is 0 Å². The van der Waals surface area contributed by atoms with Gasteiger partial charge in [-0.05, 0) is 82.7 Å². The highest BCUT2D eigenvalue weighted by atomic mass is 16.4. The number of fused-ring (bicyclic) bond motifs is 2. The molecule has 0 spiro atoms. The molecule has 0 bridgehead atoms. The molecule has 9 nitrogen and oxygen atoms in total. The Kier molecular flexibility index (Phi) is 11.8. The maximum Gasteiger partial charge on any atom is 0.328 e. The highest BCUT2D eigenvalue weighted by molar-refractivity contribution is 5.88. The summed E-state index contributed by atoms with van der Waals surface area (Å²) in [6, 6.07) is 14.1. The van der Waals surface area contributed by atoms with Crippen molar-refractivity contribution in [2.24, 2.45) is 28.1 Å². The largest absolute Gasteiger partial charge is 0.478 e. The molecule has 3 aromatic rings. The summed E-state index contributed by atoms with van der Waals surface area (Å²) in [7, 11) is 0. The summed E-state index contributed by atoms with van der Waals surface area (Å²) in [5, 5.41) is 16.9. The van der Waals surface area contributed by atoms with Crippen molar-refractivity contribution < 1.29 is 14.7 Å². The van der Waals surface area contributed by atoms with E-state index in [1.54, 1.807) is 6.20 Å². The van der Waals surface area contributed by atoms with Crippen LogP contribution in [0.4, 0.5) is 5.82 Å². The summed E-state index contributed by atoms with van der Waals surface area (Å²) in [6.45, 7) is 2.22. The minimum Gasteiger partial charge on any atom is -0.478 e. The zero-order chi connectivity index (χ0) is 31.5. The van der Waals surface area contributed by atoms with Gasteiger partial charge in [-0.2, -0.15) is 0 Å². The Morgan fingerprint density at radius 1 is 1.14 bits per heavy atom. The van der Waals surface area contributed by atoms with Gasteiger partial charge in [-0.25, -0.2) is 9.79 Å². The molecule has 8 N–H and O–H groups in total. The third-order valence-electron chi connectivity index (χ3n) is 8.44. The molecule has 0 saturated heterocycles. The minimum atomic E-state index is -1.07. The van der Waals surface area contributed by atoms with E-state index in [1.807, 2.05) is 18.2 Å². The second-order valence-electron chi connectivity index (χ2n) is 11.7. The second kappa shape index (κ2) is 15.9. The van der Waals surface area contributed by atoms with Crippen LogP contribution in [-0.2, 0) is 16.0 Å². The van der Waals surface area contributed by atoms with Crippen molar-refractivity contribution in [3.8, 4) is 0 Å². The molecule has 2 aromatic carbocycles. The number of H-pyrrole nitrogens is 1. The first kappa shape index (κ1) is 32.5. The maximum atomic E-state index is 11.9. The van der Waals surface area contributed by atoms with Gasteiger partial charge in [-0.3, -0.25) is 0 Å². The van der Waals surface area contributed by atoms with E-state index >= 15 is 0 Å². The van der Waals surface area contributed by atoms with E-state index in [4.69, 9.17) is 22.5 Å². The first-order chi connectivity index (χ1) is 21.3. The van der Waals surface area contributed by atoms with Crippen LogP contribution in [0.5, 0.6) is 0 Å². The van der Waals surface area contributed by atoms with Crippen molar-refractivity contribution >= 4 is 40.9 Å². The van der Waals surface area contributed by atoms with Gasteiger partial charge in [0.1, 0.15) is 6.29 Å². The zero-order valence-corrected chi connectivity index (χ0v) is 25.5. The summed E-state index contributed by atoms with van der Waals surface area (Å²) in [5.41, 5.74) is 21.7. The number of guanidine groups is 1. The van der Waals surface area contributed by atoms with Gasteiger partial charge < -0.3 is 37.4 Å². The molecule has 0 unspecified atom stereocenters. The van der Waals surface area contributed by atoms with Crippen LogP contribution in [0, 0.1) is 5.92 Å². The van der Waals surface area contributed by atoms with Gasteiger partial charge in [-0.15, -0.1) is 0 Å².